The number of fused-ring (bicyclic) bond motifs is 1. The van der Waals surface area contributed by atoms with Crippen LogP contribution in [-0.4, -0.2) is 30.7 Å². The number of hydrogen-bond donors (Lipinski definition) is 1. The fourth-order valence-corrected chi connectivity index (χ4v) is 3.05. The van der Waals surface area contributed by atoms with Gasteiger partial charge in [-0.2, -0.15) is 5.10 Å². The summed E-state index contributed by atoms with van der Waals surface area (Å²) in [6, 6.07) is 8.44. The van der Waals surface area contributed by atoms with Crippen molar-refractivity contribution in [3.05, 3.63) is 57.2 Å². The van der Waals surface area contributed by atoms with Gasteiger partial charge in [0, 0.05) is 24.7 Å². The van der Waals surface area contributed by atoms with Gasteiger partial charge in [-0.1, -0.05) is 23.7 Å². The van der Waals surface area contributed by atoms with Gasteiger partial charge >= 0.3 is 0 Å². The Morgan fingerprint density at radius 1 is 1.29 bits per heavy atom. The number of rotatable bonds is 5. The van der Waals surface area contributed by atoms with Gasteiger partial charge in [-0.3, -0.25) is 14.4 Å². The van der Waals surface area contributed by atoms with Gasteiger partial charge in [0.1, 0.15) is 11.2 Å². The molecule has 6 nitrogen and oxygen atoms in total. The summed E-state index contributed by atoms with van der Waals surface area (Å²) in [4.78, 5) is 22.0. The smallest absolute Gasteiger partial charge is 0.262 e. The van der Waals surface area contributed by atoms with Crippen LogP contribution in [0, 0.1) is 0 Å². The Hall–Kier alpha value is -2.18. The van der Waals surface area contributed by atoms with E-state index in [0.29, 0.717) is 29.4 Å². The second-order valence-electron chi connectivity index (χ2n) is 6.28. The van der Waals surface area contributed by atoms with Crippen molar-refractivity contribution >= 4 is 22.6 Å². The van der Waals surface area contributed by atoms with E-state index in [2.05, 4.69) is 20.0 Å². The lowest BCUT2D eigenvalue weighted by molar-refractivity contribution is 0.239. The summed E-state index contributed by atoms with van der Waals surface area (Å²) in [7, 11) is 1.80. The van der Waals surface area contributed by atoms with Crippen molar-refractivity contribution in [2.24, 2.45) is 7.05 Å². The van der Waals surface area contributed by atoms with Gasteiger partial charge in [0.05, 0.1) is 12.7 Å². The van der Waals surface area contributed by atoms with Crippen LogP contribution in [0.25, 0.3) is 11.0 Å². The molecule has 24 heavy (non-hydrogen) atoms. The van der Waals surface area contributed by atoms with E-state index in [-0.39, 0.29) is 5.56 Å². The molecule has 0 amide bonds. The maximum atomic E-state index is 12.2. The zero-order valence-corrected chi connectivity index (χ0v) is 14.1. The number of benzene rings is 1. The third kappa shape index (κ3) is 3.07. The van der Waals surface area contributed by atoms with Gasteiger partial charge in [-0.05, 0) is 30.5 Å². The van der Waals surface area contributed by atoms with Crippen LogP contribution in [0.15, 0.2) is 35.3 Å². The molecule has 0 atom stereocenters. The lowest BCUT2D eigenvalue weighted by Gasteiger charge is -2.21. The number of hydrogen-bond acceptors (Lipinski definition) is 4. The van der Waals surface area contributed by atoms with Gasteiger partial charge in [-0.25, -0.2) is 4.98 Å². The molecule has 2 heterocycles. The van der Waals surface area contributed by atoms with Gasteiger partial charge in [0.15, 0.2) is 5.65 Å². The summed E-state index contributed by atoms with van der Waals surface area (Å²) in [5.41, 5.74) is 1.69. The molecule has 4 rings (SSSR count). The summed E-state index contributed by atoms with van der Waals surface area (Å²) in [5, 5.41) is 5.37. The van der Waals surface area contributed by atoms with Crippen molar-refractivity contribution in [3.63, 3.8) is 0 Å². The van der Waals surface area contributed by atoms with Gasteiger partial charge < -0.3 is 4.98 Å². The predicted molar refractivity (Wildman–Crippen MR) is 92.9 cm³/mol. The fourth-order valence-electron chi connectivity index (χ4n) is 2.92. The third-order valence-electron chi connectivity index (χ3n) is 4.37. The molecule has 0 bridgehead atoms. The highest BCUT2D eigenvalue weighted by Crippen LogP contribution is 2.29. The molecule has 124 valence electrons. The Morgan fingerprint density at radius 2 is 2.04 bits per heavy atom. The Kier molecular flexibility index (Phi) is 3.86. The van der Waals surface area contributed by atoms with Crippen molar-refractivity contribution in [2.45, 2.75) is 32.0 Å². The van der Waals surface area contributed by atoms with Crippen molar-refractivity contribution in [1.29, 1.82) is 0 Å². The number of halogens is 1. The Morgan fingerprint density at radius 3 is 2.75 bits per heavy atom. The molecule has 1 aliphatic rings. The summed E-state index contributed by atoms with van der Waals surface area (Å²) in [5.74, 6) is 0.678. The normalized spacial score (nSPS) is 14.6. The quantitative estimate of drug-likeness (QED) is 0.772. The molecular formula is C17H18ClN5O. The zero-order chi connectivity index (χ0) is 16.7. The van der Waals surface area contributed by atoms with Gasteiger partial charge in [0.25, 0.3) is 5.56 Å². The molecule has 3 aromatic rings. The van der Waals surface area contributed by atoms with Gasteiger partial charge in [-0.15, -0.1) is 0 Å². The number of aromatic nitrogens is 4. The maximum absolute atomic E-state index is 12.2. The molecule has 1 saturated carbocycles. The predicted octanol–water partition coefficient (Wildman–Crippen LogP) is 2.47. The standard InChI is InChI=1S/C17H18ClN5O/c1-22-16-14(8-19-22)17(24)21-15(20-16)10-23(13-6-7-13)9-11-2-4-12(18)5-3-11/h2-5,8,13H,6-7,9-10H2,1H3,(H,20,21,24). The maximum Gasteiger partial charge on any atom is 0.262 e. The van der Waals surface area contributed by atoms with Crippen LogP contribution < -0.4 is 5.56 Å². The van der Waals surface area contributed by atoms with Crippen LogP contribution in [-0.2, 0) is 20.1 Å². The van der Waals surface area contributed by atoms with E-state index in [4.69, 9.17) is 11.6 Å². The molecule has 1 aliphatic carbocycles. The second kappa shape index (κ2) is 6.03. The molecule has 2 aromatic heterocycles. The number of H-pyrrole nitrogens is 1. The molecule has 0 aliphatic heterocycles. The number of aromatic amines is 1. The topological polar surface area (TPSA) is 66.8 Å². The Bertz CT molecular complexity index is 926. The van der Waals surface area contributed by atoms with E-state index >= 15 is 0 Å². The highest BCUT2D eigenvalue weighted by atomic mass is 35.5. The Labute approximate surface area is 144 Å². The summed E-state index contributed by atoms with van der Waals surface area (Å²) in [6.07, 6.45) is 3.93. The average Bonchev–Trinajstić information content (AvgIpc) is 3.34. The summed E-state index contributed by atoms with van der Waals surface area (Å²) in [6.45, 7) is 1.43. The van der Waals surface area contributed by atoms with E-state index in [0.717, 1.165) is 11.6 Å². The molecular weight excluding hydrogens is 326 g/mol. The largest absolute Gasteiger partial charge is 0.309 e. The first-order chi connectivity index (χ1) is 11.6. The molecule has 0 saturated heterocycles. The van der Waals surface area contributed by atoms with E-state index < -0.39 is 0 Å². The minimum absolute atomic E-state index is 0.134. The van der Waals surface area contributed by atoms with E-state index in [1.807, 2.05) is 24.3 Å². The molecule has 1 fully saturated rings. The first kappa shape index (κ1) is 15.4. The first-order valence-corrected chi connectivity index (χ1v) is 8.37. The number of aryl methyl sites for hydroxylation is 1. The third-order valence-corrected chi connectivity index (χ3v) is 4.62. The molecule has 0 spiro atoms. The molecule has 1 N–H and O–H groups in total. The summed E-state index contributed by atoms with van der Waals surface area (Å²) >= 11 is 5.96. The van der Waals surface area contributed by atoms with E-state index in [1.54, 1.807) is 17.9 Å². The molecule has 7 heteroatoms. The van der Waals surface area contributed by atoms with Crippen LogP contribution in [0.2, 0.25) is 5.02 Å². The van der Waals surface area contributed by atoms with Crippen molar-refractivity contribution in [3.8, 4) is 0 Å². The van der Waals surface area contributed by atoms with Crippen LogP contribution in [0.4, 0.5) is 0 Å². The highest BCUT2D eigenvalue weighted by Gasteiger charge is 2.29. The van der Waals surface area contributed by atoms with Crippen molar-refractivity contribution < 1.29 is 0 Å². The fraction of sp³-hybridized carbons (Fsp3) is 0.353. The van der Waals surface area contributed by atoms with Crippen LogP contribution in [0.1, 0.15) is 24.2 Å². The van der Waals surface area contributed by atoms with Crippen molar-refractivity contribution in [1.82, 2.24) is 24.6 Å². The molecule has 0 radical (unpaired) electrons. The highest BCUT2D eigenvalue weighted by molar-refractivity contribution is 6.30. The minimum Gasteiger partial charge on any atom is -0.309 e. The van der Waals surface area contributed by atoms with E-state index in [9.17, 15) is 4.79 Å². The second-order valence-corrected chi connectivity index (χ2v) is 6.72. The SMILES string of the molecule is Cn1ncc2c(=O)[nH]c(CN(Cc3ccc(Cl)cc3)C3CC3)nc21. The Balaban J connectivity index is 1.60. The summed E-state index contributed by atoms with van der Waals surface area (Å²) < 4.78 is 1.63. The number of nitrogens with zero attached hydrogens (tertiary/aromatic N) is 4. The monoisotopic (exact) mass is 343 g/mol. The van der Waals surface area contributed by atoms with Gasteiger partial charge in [0.2, 0.25) is 0 Å². The average molecular weight is 344 g/mol. The lowest BCUT2D eigenvalue weighted by atomic mass is 10.2. The van der Waals surface area contributed by atoms with Crippen LogP contribution >= 0.6 is 11.6 Å². The molecule has 0 unspecified atom stereocenters. The van der Waals surface area contributed by atoms with Crippen molar-refractivity contribution in [2.75, 3.05) is 0 Å². The van der Waals surface area contributed by atoms with Crippen LogP contribution in [0.5, 0.6) is 0 Å². The lowest BCUT2D eigenvalue weighted by Crippen LogP contribution is -2.27. The zero-order valence-electron chi connectivity index (χ0n) is 13.4. The minimum atomic E-state index is -0.134. The van der Waals surface area contributed by atoms with E-state index in [1.165, 1.54) is 18.4 Å². The number of nitrogens with one attached hydrogen (secondary N) is 1. The van der Waals surface area contributed by atoms with Crippen LogP contribution in [0.3, 0.4) is 0 Å². The first-order valence-electron chi connectivity index (χ1n) is 7.99. The molecule has 1 aromatic carbocycles.